The molecule has 22 heavy (non-hydrogen) atoms. The Morgan fingerprint density at radius 3 is 2.41 bits per heavy atom. The Kier molecular flexibility index (Phi) is 4.16. The van der Waals surface area contributed by atoms with Crippen molar-refractivity contribution >= 4 is 11.6 Å². The van der Waals surface area contributed by atoms with Crippen molar-refractivity contribution in [2.45, 2.75) is 32.2 Å². The van der Waals surface area contributed by atoms with Crippen molar-refractivity contribution in [2.75, 3.05) is 39.4 Å². The first-order valence-corrected chi connectivity index (χ1v) is 8.77. The highest BCUT2D eigenvalue weighted by Gasteiger charge is 2.29. The highest BCUT2D eigenvalue weighted by Crippen LogP contribution is 2.46. The first-order chi connectivity index (χ1) is 10.8. The third-order valence-electron chi connectivity index (χ3n) is 4.88. The van der Waals surface area contributed by atoms with E-state index in [0.29, 0.717) is 0 Å². The van der Waals surface area contributed by atoms with E-state index in [0.717, 1.165) is 88.1 Å². The van der Waals surface area contributed by atoms with Crippen LogP contribution < -0.4 is 14.8 Å². The van der Waals surface area contributed by atoms with Gasteiger partial charge in [-0.3, -0.25) is 4.90 Å². The van der Waals surface area contributed by atoms with E-state index in [4.69, 9.17) is 21.1 Å². The predicted octanol–water partition coefficient (Wildman–Crippen LogP) is 2.40. The van der Waals surface area contributed by atoms with Gasteiger partial charge in [-0.05, 0) is 25.7 Å². The normalized spacial score (nSPS) is 21.5. The second-order valence-corrected chi connectivity index (χ2v) is 6.72. The molecule has 4 nitrogen and oxygen atoms in total. The lowest BCUT2D eigenvalue weighted by atomic mass is 9.92. The lowest BCUT2D eigenvalue weighted by molar-refractivity contribution is 0.219. The molecule has 1 N–H and O–H groups in total. The maximum atomic E-state index is 6.63. The predicted molar refractivity (Wildman–Crippen MR) is 87.2 cm³/mol. The van der Waals surface area contributed by atoms with Crippen LogP contribution in [0.15, 0.2) is 0 Å². The summed E-state index contributed by atoms with van der Waals surface area (Å²) in [6.45, 7) is 6.84. The van der Waals surface area contributed by atoms with Gasteiger partial charge in [-0.15, -0.1) is 0 Å². The molecular formula is C17H23ClN2O2. The quantitative estimate of drug-likeness (QED) is 0.906. The van der Waals surface area contributed by atoms with E-state index >= 15 is 0 Å². The molecule has 0 aliphatic carbocycles. The molecule has 0 radical (unpaired) electrons. The van der Waals surface area contributed by atoms with Gasteiger partial charge in [0.1, 0.15) is 11.5 Å². The van der Waals surface area contributed by atoms with Crippen LogP contribution >= 0.6 is 11.6 Å². The molecule has 1 fully saturated rings. The molecule has 1 saturated heterocycles. The van der Waals surface area contributed by atoms with Crippen LogP contribution in [0, 0.1) is 0 Å². The fourth-order valence-electron chi connectivity index (χ4n) is 3.74. The zero-order valence-corrected chi connectivity index (χ0v) is 13.7. The molecule has 0 atom stereocenters. The summed E-state index contributed by atoms with van der Waals surface area (Å²) in [4.78, 5) is 2.51. The van der Waals surface area contributed by atoms with E-state index in [2.05, 4.69) is 10.2 Å². The third kappa shape index (κ3) is 2.57. The number of nitrogens with zero attached hydrogens (tertiary/aromatic N) is 1. The van der Waals surface area contributed by atoms with E-state index in [1.54, 1.807) is 0 Å². The molecule has 120 valence electrons. The molecule has 0 aromatic heterocycles. The summed E-state index contributed by atoms with van der Waals surface area (Å²) in [5.74, 6) is 1.99. The van der Waals surface area contributed by atoms with E-state index < -0.39 is 0 Å². The smallest absolute Gasteiger partial charge is 0.141 e. The highest BCUT2D eigenvalue weighted by molar-refractivity contribution is 6.33. The Balaban J connectivity index is 1.77. The molecule has 3 aliphatic heterocycles. The Morgan fingerprint density at radius 1 is 0.955 bits per heavy atom. The highest BCUT2D eigenvalue weighted by atomic mass is 35.5. The molecule has 0 amide bonds. The maximum Gasteiger partial charge on any atom is 0.141 e. The number of piperazine rings is 1. The second-order valence-electron chi connectivity index (χ2n) is 6.34. The number of benzene rings is 1. The summed E-state index contributed by atoms with van der Waals surface area (Å²) in [5, 5.41) is 4.22. The van der Waals surface area contributed by atoms with Crippen molar-refractivity contribution in [3.8, 4) is 11.5 Å². The summed E-state index contributed by atoms with van der Waals surface area (Å²) in [5.41, 5.74) is 3.78. The molecule has 3 aliphatic rings. The van der Waals surface area contributed by atoms with Crippen molar-refractivity contribution < 1.29 is 9.47 Å². The lowest BCUT2D eigenvalue weighted by Gasteiger charge is -2.33. The average Bonchev–Trinajstić information content (AvgIpc) is 2.59. The minimum absolute atomic E-state index is 0.777. The van der Waals surface area contributed by atoms with E-state index in [-0.39, 0.29) is 0 Å². The van der Waals surface area contributed by atoms with Gasteiger partial charge in [-0.1, -0.05) is 11.6 Å². The average molecular weight is 323 g/mol. The van der Waals surface area contributed by atoms with Gasteiger partial charge in [0.15, 0.2) is 0 Å². The molecule has 0 bridgehead atoms. The number of fused-ring (bicyclic) bond motifs is 2. The minimum Gasteiger partial charge on any atom is -0.493 e. The number of halogens is 1. The van der Waals surface area contributed by atoms with Gasteiger partial charge in [0.05, 0.1) is 18.2 Å². The van der Waals surface area contributed by atoms with Crippen molar-refractivity contribution in [3.05, 3.63) is 21.7 Å². The monoisotopic (exact) mass is 322 g/mol. The number of hydrogen-bond acceptors (Lipinski definition) is 4. The molecule has 4 rings (SSSR count). The van der Waals surface area contributed by atoms with Gasteiger partial charge in [0, 0.05) is 49.4 Å². The van der Waals surface area contributed by atoms with Crippen LogP contribution in [0.1, 0.15) is 29.5 Å². The number of rotatable bonds is 2. The van der Waals surface area contributed by atoms with Crippen LogP contribution in [0.2, 0.25) is 5.02 Å². The summed E-state index contributed by atoms with van der Waals surface area (Å²) >= 11 is 6.63. The van der Waals surface area contributed by atoms with Crippen LogP contribution in [0.5, 0.6) is 11.5 Å². The molecule has 5 heteroatoms. The number of nitrogens with one attached hydrogen (secondary N) is 1. The van der Waals surface area contributed by atoms with Gasteiger partial charge < -0.3 is 14.8 Å². The zero-order chi connectivity index (χ0) is 14.9. The second kappa shape index (κ2) is 6.26. The Morgan fingerprint density at radius 2 is 1.64 bits per heavy atom. The van der Waals surface area contributed by atoms with E-state index in [1.807, 2.05) is 0 Å². The first-order valence-electron chi connectivity index (χ1n) is 8.39. The van der Waals surface area contributed by atoms with Gasteiger partial charge in [-0.2, -0.15) is 0 Å². The fourth-order valence-corrected chi connectivity index (χ4v) is 4.09. The van der Waals surface area contributed by atoms with E-state index in [1.165, 1.54) is 16.7 Å². The zero-order valence-electron chi connectivity index (χ0n) is 12.9. The van der Waals surface area contributed by atoms with E-state index in [9.17, 15) is 0 Å². The van der Waals surface area contributed by atoms with Crippen LogP contribution in [0.3, 0.4) is 0 Å². The van der Waals surface area contributed by atoms with Crippen molar-refractivity contribution in [1.29, 1.82) is 0 Å². The van der Waals surface area contributed by atoms with Gasteiger partial charge in [0.25, 0.3) is 0 Å². The molecule has 3 heterocycles. The molecule has 1 aromatic carbocycles. The summed E-state index contributed by atoms with van der Waals surface area (Å²) in [7, 11) is 0. The Hall–Kier alpha value is -0.970. The minimum atomic E-state index is 0.777. The summed E-state index contributed by atoms with van der Waals surface area (Å²) < 4.78 is 12.0. The first kappa shape index (κ1) is 14.6. The van der Waals surface area contributed by atoms with Crippen molar-refractivity contribution in [2.24, 2.45) is 0 Å². The standard InChI is InChI=1S/C17H23ClN2O2/c18-15-13-4-2-9-21-16(13)14(11-20-7-5-19-6-8-20)12-3-1-10-22-17(12)15/h19H,1-11H2. The lowest BCUT2D eigenvalue weighted by Crippen LogP contribution is -2.43. The van der Waals surface area contributed by atoms with Gasteiger partial charge in [0.2, 0.25) is 0 Å². The summed E-state index contributed by atoms with van der Waals surface area (Å²) in [6, 6.07) is 0. The number of ether oxygens (including phenoxy) is 2. The van der Waals surface area contributed by atoms with Crippen molar-refractivity contribution in [3.63, 3.8) is 0 Å². The van der Waals surface area contributed by atoms with Crippen LogP contribution in [0.25, 0.3) is 0 Å². The Bertz CT molecular complexity index is 533. The molecule has 0 spiro atoms. The summed E-state index contributed by atoms with van der Waals surface area (Å²) in [6.07, 6.45) is 4.15. The van der Waals surface area contributed by atoms with Gasteiger partial charge in [-0.25, -0.2) is 0 Å². The van der Waals surface area contributed by atoms with Crippen LogP contribution in [-0.4, -0.2) is 44.3 Å². The molecular weight excluding hydrogens is 300 g/mol. The number of hydrogen-bond donors (Lipinski definition) is 1. The van der Waals surface area contributed by atoms with Gasteiger partial charge >= 0.3 is 0 Å². The molecule has 0 unspecified atom stereocenters. The fraction of sp³-hybridized carbons (Fsp3) is 0.647. The van der Waals surface area contributed by atoms with Crippen LogP contribution in [-0.2, 0) is 19.4 Å². The molecule has 0 saturated carbocycles. The van der Waals surface area contributed by atoms with Crippen molar-refractivity contribution in [1.82, 2.24) is 10.2 Å². The maximum absolute atomic E-state index is 6.63. The molecule has 1 aromatic rings. The Labute approximate surface area is 136 Å². The van der Waals surface area contributed by atoms with Crippen LogP contribution in [0.4, 0.5) is 0 Å². The topological polar surface area (TPSA) is 33.7 Å². The largest absolute Gasteiger partial charge is 0.493 e. The third-order valence-corrected chi connectivity index (χ3v) is 5.28. The SMILES string of the molecule is Clc1c2c(c(CN3CCNCC3)c3c1OCCC3)OCCC2.